The Morgan fingerprint density at radius 3 is 2.55 bits per heavy atom. The normalized spacial score (nSPS) is 16.3. The van der Waals surface area contributed by atoms with Gasteiger partial charge in [0.1, 0.15) is 5.75 Å². The standard InChI is InChI=1S/C24H25N3O2/c1-29-19-14-12-17(13-15-19)22(16-10-11-16)25-24(28)23-20-8-5-9-21(20)27(26-23)18-6-3-2-4-7-18/h2-4,6-7,12-16,22H,5,8-11H2,1H3,(H,25,28). The lowest BCUT2D eigenvalue weighted by atomic mass is 10.0. The molecule has 1 amide bonds. The fourth-order valence-corrected chi connectivity index (χ4v) is 4.33. The van der Waals surface area contributed by atoms with Gasteiger partial charge in [0.05, 0.1) is 18.8 Å². The van der Waals surface area contributed by atoms with E-state index in [-0.39, 0.29) is 11.9 Å². The number of amides is 1. The van der Waals surface area contributed by atoms with Gasteiger partial charge in [-0.25, -0.2) is 4.68 Å². The molecule has 0 radical (unpaired) electrons. The monoisotopic (exact) mass is 387 g/mol. The van der Waals surface area contributed by atoms with Gasteiger partial charge < -0.3 is 10.1 Å². The van der Waals surface area contributed by atoms with Crippen LogP contribution in [0.3, 0.4) is 0 Å². The number of nitrogens with one attached hydrogen (secondary N) is 1. The number of hydrogen-bond donors (Lipinski definition) is 1. The van der Waals surface area contributed by atoms with Crippen LogP contribution >= 0.6 is 0 Å². The zero-order valence-corrected chi connectivity index (χ0v) is 16.6. The van der Waals surface area contributed by atoms with E-state index >= 15 is 0 Å². The Labute approximate surface area is 170 Å². The average molecular weight is 387 g/mol. The van der Waals surface area contributed by atoms with Crippen molar-refractivity contribution in [2.24, 2.45) is 5.92 Å². The van der Waals surface area contributed by atoms with Crippen molar-refractivity contribution in [3.05, 3.63) is 77.1 Å². The third kappa shape index (κ3) is 3.41. The number of nitrogens with zero attached hydrogens (tertiary/aromatic N) is 2. The maximum Gasteiger partial charge on any atom is 0.272 e. The molecular weight excluding hydrogens is 362 g/mol. The molecule has 2 aliphatic rings. The van der Waals surface area contributed by atoms with Gasteiger partial charge >= 0.3 is 0 Å². The minimum Gasteiger partial charge on any atom is -0.497 e. The molecular formula is C24H25N3O2. The summed E-state index contributed by atoms with van der Waals surface area (Å²) < 4.78 is 7.23. The number of fused-ring (bicyclic) bond motifs is 1. The van der Waals surface area contributed by atoms with E-state index in [9.17, 15) is 4.79 Å². The molecule has 3 aromatic rings. The lowest BCUT2D eigenvalue weighted by molar-refractivity contribution is 0.0925. The van der Waals surface area contributed by atoms with Crippen LogP contribution in [-0.2, 0) is 12.8 Å². The van der Waals surface area contributed by atoms with E-state index in [0.717, 1.165) is 54.7 Å². The van der Waals surface area contributed by atoms with Crippen molar-refractivity contribution in [1.82, 2.24) is 15.1 Å². The van der Waals surface area contributed by atoms with Crippen molar-refractivity contribution in [3.63, 3.8) is 0 Å². The Bertz CT molecular complexity index is 1020. The predicted octanol–water partition coefficient (Wildman–Crippen LogP) is 4.25. The zero-order valence-electron chi connectivity index (χ0n) is 16.6. The average Bonchev–Trinajstić information content (AvgIpc) is 3.38. The first kappa shape index (κ1) is 18.0. The van der Waals surface area contributed by atoms with E-state index in [1.54, 1.807) is 7.11 Å². The Morgan fingerprint density at radius 2 is 1.86 bits per heavy atom. The Hall–Kier alpha value is -3.08. The van der Waals surface area contributed by atoms with Crippen LogP contribution in [0.1, 0.15) is 52.6 Å². The summed E-state index contributed by atoms with van der Waals surface area (Å²) in [5.74, 6) is 1.26. The summed E-state index contributed by atoms with van der Waals surface area (Å²) in [4.78, 5) is 13.3. The highest BCUT2D eigenvalue weighted by molar-refractivity contribution is 5.94. The zero-order chi connectivity index (χ0) is 19.8. The van der Waals surface area contributed by atoms with E-state index in [0.29, 0.717) is 11.6 Å². The second-order valence-electron chi connectivity index (χ2n) is 7.94. The number of methoxy groups -OCH3 is 1. The maximum atomic E-state index is 13.3. The van der Waals surface area contributed by atoms with E-state index < -0.39 is 0 Å². The molecule has 1 atom stereocenters. The topological polar surface area (TPSA) is 56.1 Å². The van der Waals surface area contributed by atoms with Gasteiger partial charge in [0.15, 0.2) is 5.69 Å². The summed E-state index contributed by atoms with van der Waals surface area (Å²) in [6.45, 7) is 0. The van der Waals surface area contributed by atoms with Gasteiger partial charge in [-0.15, -0.1) is 0 Å². The van der Waals surface area contributed by atoms with Gasteiger partial charge in [0.25, 0.3) is 5.91 Å². The molecule has 1 fully saturated rings. The molecule has 1 saturated carbocycles. The minimum atomic E-state index is -0.0643. The number of para-hydroxylation sites is 1. The van der Waals surface area contributed by atoms with E-state index in [1.165, 1.54) is 5.69 Å². The molecule has 5 nitrogen and oxygen atoms in total. The molecule has 1 aromatic heterocycles. The van der Waals surface area contributed by atoms with Gasteiger partial charge in [-0.05, 0) is 67.9 Å². The Balaban J connectivity index is 1.44. The molecule has 2 aliphatic carbocycles. The summed E-state index contributed by atoms with van der Waals surface area (Å²) in [5.41, 5.74) is 5.00. The van der Waals surface area contributed by atoms with Gasteiger partial charge in [-0.1, -0.05) is 30.3 Å². The molecule has 1 heterocycles. The summed E-state index contributed by atoms with van der Waals surface area (Å²) >= 11 is 0. The number of ether oxygens (including phenoxy) is 1. The van der Waals surface area contributed by atoms with E-state index in [4.69, 9.17) is 9.84 Å². The molecule has 29 heavy (non-hydrogen) atoms. The van der Waals surface area contributed by atoms with Crippen LogP contribution in [0.5, 0.6) is 5.75 Å². The van der Waals surface area contributed by atoms with Gasteiger partial charge in [-0.3, -0.25) is 4.79 Å². The van der Waals surface area contributed by atoms with Gasteiger partial charge in [-0.2, -0.15) is 5.10 Å². The fraction of sp³-hybridized carbons (Fsp3) is 0.333. The van der Waals surface area contributed by atoms with Crippen LogP contribution in [0.25, 0.3) is 5.69 Å². The van der Waals surface area contributed by atoms with Gasteiger partial charge in [0.2, 0.25) is 0 Å². The van der Waals surface area contributed by atoms with Crippen molar-refractivity contribution in [2.75, 3.05) is 7.11 Å². The molecule has 0 saturated heterocycles. The quantitative estimate of drug-likeness (QED) is 0.688. The smallest absolute Gasteiger partial charge is 0.272 e. The lowest BCUT2D eigenvalue weighted by Crippen LogP contribution is -2.31. The minimum absolute atomic E-state index is 0.0207. The number of aromatic nitrogens is 2. The number of hydrogen-bond acceptors (Lipinski definition) is 3. The summed E-state index contributed by atoms with van der Waals surface area (Å²) in [5, 5.41) is 8.03. The van der Waals surface area contributed by atoms with Crippen LogP contribution in [0, 0.1) is 5.92 Å². The molecule has 1 unspecified atom stereocenters. The van der Waals surface area contributed by atoms with E-state index in [1.807, 2.05) is 47.1 Å². The SMILES string of the molecule is COc1ccc(C(NC(=O)c2nn(-c3ccccc3)c3c2CCC3)C2CC2)cc1. The van der Waals surface area contributed by atoms with E-state index in [2.05, 4.69) is 17.4 Å². The second kappa shape index (κ2) is 7.39. The molecule has 5 heteroatoms. The molecule has 2 aromatic carbocycles. The first-order valence-electron chi connectivity index (χ1n) is 10.4. The van der Waals surface area contributed by atoms with Crippen LogP contribution in [-0.4, -0.2) is 22.8 Å². The highest BCUT2D eigenvalue weighted by atomic mass is 16.5. The highest BCUT2D eigenvalue weighted by Crippen LogP contribution is 2.41. The molecule has 0 spiro atoms. The largest absolute Gasteiger partial charge is 0.497 e. The summed E-state index contributed by atoms with van der Waals surface area (Å²) in [6, 6.07) is 18.1. The first-order chi connectivity index (χ1) is 14.2. The van der Waals surface area contributed by atoms with Crippen LogP contribution in [0.4, 0.5) is 0 Å². The number of carbonyl (C=O) groups is 1. The second-order valence-corrected chi connectivity index (χ2v) is 7.94. The molecule has 1 N–H and O–H groups in total. The van der Waals surface area contributed by atoms with Crippen molar-refractivity contribution >= 4 is 5.91 Å². The summed E-state index contributed by atoms with van der Waals surface area (Å²) in [7, 11) is 1.67. The summed E-state index contributed by atoms with van der Waals surface area (Å²) in [6.07, 6.45) is 5.25. The number of benzene rings is 2. The van der Waals surface area contributed by atoms with Crippen molar-refractivity contribution in [1.29, 1.82) is 0 Å². The van der Waals surface area contributed by atoms with Crippen molar-refractivity contribution < 1.29 is 9.53 Å². The van der Waals surface area contributed by atoms with Crippen LogP contribution < -0.4 is 10.1 Å². The molecule has 0 bridgehead atoms. The molecule has 148 valence electrons. The first-order valence-corrected chi connectivity index (χ1v) is 10.4. The molecule has 5 rings (SSSR count). The maximum absolute atomic E-state index is 13.3. The number of rotatable bonds is 6. The third-order valence-corrected chi connectivity index (χ3v) is 6.00. The lowest BCUT2D eigenvalue weighted by Gasteiger charge is -2.19. The fourth-order valence-electron chi connectivity index (χ4n) is 4.33. The molecule has 0 aliphatic heterocycles. The van der Waals surface area contributed by atoms with Crippen molar-refractivity contribution in [3.8, 4) is 11.4 Å². The third-order valence-electron chi connectivity index (χ3n) is 6.00. The van der Waals surface area contributed by atoms with Crippen LogP contribution in [0.15, 0.2) is 54.6 Å². The highest BCUT2D eigenvalue weighted by Gasteiger charge is 2.35. The van der Waals surface area contributed by atoms with Crippen molar-refractivity contribution in [2.45, 2.75) is 38.1 Å². The number of carbonyl (C=O) groups excluding carboxylic acids is 1. The van der Waals surface area contributed by atoms with Gasteiger partial charge in [0, 0.05) is 11.3 Å². The van der Waals surface area contributed by atoms with Crippen LogP contribution in [0.2, 0.25) is 0 Å². The Morgan fingerprint density at radius 1 is 1.10 bits per heavy atom. The predicted molar refractivity (Wildman–Crippen MR) is 112 cm³/mol. The Kier molecular flexibility index (Phi) is 4.58.